The summed E-state index contributed by atoms with van der Waals surface area (Å²) in [6.45, 7) is 0.462. The third kappa shape index (κ3) is 8.22. The zero-order valence-corrected chi connectivity index (χ0v) is 17.1. The Morgan fingerprint density at radius 2 is 1.87 bits per heavy atom. The van der Waals surface area contributed by atoms with Gasteiger partial charge < -0.3 is 42.9 Å². The van der Waals surface area contributed by atoms with E-state index in [1.165, 1.54) is 4.90 Å². The average molecular weight is 431 g/mol. The van der Waals surface area contributed by atoms with Crippen LogP contribution in [0.3, 0.4) is 0 Å². The van der Waals surface area contributed by atoms with Crippen LogP contribution in [0.5, 0.6) is 0 Å². The van der Waals surface area contributed by atoms with E-state index in [9.17, 15) is 19.2 Å². The SMILES string of the molecule is NCCCC[C@H](NC(=O)[C@H](CC(=O)O)NC[C@@H](N)CO)C(=O)N1CCC[C@H]1C(N)=O. The minimum absolute atomic E-state index is 0.0174. The lowest BCUT2D eigenvalue weighted by Crippen LogP contribution is -2.57. The van der Waals surface area contributed by atoms with Crippen LogP contribution in [0.1, 0.15) is 38.5 Å². The fourth-order valence-corrected chi connectivity index (χ4v) is 3.34. The van der Waals surface area contributed by atoms with Gasteiger partial charge in [-0.3, -0.25) is 19.2 Å². The van der Waals surface area contributed by atoms with Gasteiger partial charge in [-0.2, -0.15) is 0 Å². The van der Waals surface area contributed by atoms with Crippen molar-refractivity contribution in [2.45, 2.75) is 62.7 Å². The van der Waals surface area contributed by atoms with Crippen LogP contribution in [0.4, 0.5) is 0 Å². The van der Waals surface area contributed by atoms with E-state index < -0.39 is 54.3 Å². The van der Waals surface area contributed by atoms with Crippen molar-refractivity contribution < 1.29 is 29.4 Å². The number of carbonyl (C=O) groups excluding carboxylic acids is 3. The number of aliphatic hydroxyl groups excluding tert-OH is 1. The first kappa shape index (κ1) is 25.8. The first-order chi connectivity index (χ1) is 14.2. The molecule has 30 heavy (non-hydrogen) atoms. The fourth-order valence-electron chi connectivity index (χ4n) is 3.34. The predicted octanol–water partition coefficient (Wildman–Crippen LogP) is -3.17. The van der Waals surface area contributed by atoms with Crippen LogP contribution in [0.2, 0.25) is 0 Å². The van der Waals surface area contributed by atoms with Gasteiger partial charge in [-0.1, -0.05) is 0 Å². The highest BCUT2D eigenvalue weighted by molar-refractivity contribution is 5.94. The highest BCUT2D eigenvalue weighted by Gasteiger charge is 2.37. The van der Waals surface area contributed by atoms with Gasteiger partial charge in [0.25, 0.3) is 0 Å². The van der Waals surface area contributed by atoms with E-state index >= 15 is 0 Å². The van der Waals surface area contributed by atoms with Gasteiger partial charge >= 0.3 is 5.97 Å². The Morgan fingerprint density at radius 3 is 2.43 bits per heavy atom. The number of likely N-dealkylation sites (tertiary alicyclic amines) is 1. The molecule has 10 N–H and O–H groups in total. The lowest BCUT2D eigenvalue weighted by atomic mass is 10.1. The number of aliphatic hydroxyl groups is 1. The molecule has 3 amide bonds. The zero-order valence-electron chi connectivity index (χ0n) is 17.1. The van der Waals surface area contributed by atoms with Crippen molar-refractivity contribution in [1.29, 1.82) is 0 Å². The number of carbonyl (C=O) groups is 4. The van der Waals surface area contributed by atoms with E-state index in [1.807, 2.05) is 0 Å². The minimum Gasteiger partial charge on any atom is -0.481 e. The molecule has 0 bridgehead atoms. The molecule has 0 unspecified atom stereocenters. The van der Waals surface area contributed by atoms with Crippen LogP contribution in [-0.4, -0.2) is 89.2 Å². The minimum atomic E-state index is -1.21. The molecule has 172 valence electrons. The number of carboxylic acids is 1. The van der Waals surface area contributed by atoms with Crippen LogP contribution < -0.4 is 27.8 Å². The van der Waals surface area contributed by atoms with Crippen molar-refractivity contribution in [3.8, 4) is 0 Å². The molecule has 4 atom stereocenters. The highest BCUT2D eigenvalue weighted by Crippen LogP contribution is 2.19. The van der Waals surface area contributed by atoms with E-state index in [2.05, 4.69) is 10.6 Å². The van der Waals surface area contributed by atoms with Gasteiger partial charge in [0, 0.05) is 19.1 Å². The Bertz CT molecular complexity index is 604. The molecule has 0 aromatic heterocycles. The highest BCUT2D eigenvalue weighted by atomic mass is 16.4. The van der Waals surface area contributed by atoms with Crippen molar-refractivity contribution in [2.75, 3.05) is 26.2 Å². The molecule has 1 saturated heterocycles. The number of hydrogen-bond acceptors (Lipinski definition) is 8. The number of nitrogens with zero attached hydrogens (tertiary/aromatic N) is 1. The molecule has 1 aliphatic rings. The molecule has 0 saturated carbocycles. The summed E-state index contributed by atoms with van der Waals surface area (Å²) in [4.78, 5) is 49.9. The lowest BCUT2D eigenvalue weighted by Gasteiger charge is -2.29. The summed E-state index contributed by atoms with van der Waals surface area (Å²) >= 11 is 0. The Hall–Kier alpha value is -2.28. The van der Waals surface area contributed by atoms with Crippen LogP contribution in [0, 0.1) is 0 Å². The number of amides is 3. The zero-order chi connectivity index (χ0) is 22.7. The van der Waals surface area contributed by atoms with Crippen LogP contribution in [0.25, 0.3) is 0 Å². The molecule has 12 nitrogen and oxygen atoms in total. The van der Waals surface area contributed by atoms with Crippen LogP contribution >= 0.6 is 0 Å². The van der Waals surface area contributed by atoms with E-state index in [1.54, 1.807) is 0 Å². The monoisotopic (exact) mass is 430 g/mol. The maximum Gasteiger partial charge on any atom is 0.305 e. The Labute approximate surface area is 175 Å². The van der Waals surface area contributed by atoms with Crippen molar-refractivity contribution in [2.24, 2.45) is 17.2 Å². The summed E-state index contributed by atoms with van der Waals surface area (Å²) in [5.41, 5.74) is 16.5. The Balaban J connectivity index is 2.91. The van der Waals surface area contributed by atoms with Gasteiger partial charge in [0.2, 0.25) is 17.7 Å². The fraction of sp³-hybridized carbons (Fsp3) is 0.778. The summed E-state index contributed by atoms with van der Waals surface area (Å²) in [7, 11) is 0. The summed E-state index contributed by atoms with van der Waals surface area (Å²) in [5.74, 6) is -2.91. The standard InChI is InChI=1S/C18H34N6O6/c19-6-2-1-4-12(18(30)24-7-3-5-14(24)16(21)28)23-17(29)13(8-15(26)27)22-9-11(20)10-25/h11-14,22,25H,1-10,19-20H2,(H2,21,28)(H,23,29)(H,26,27)/t11-,12+,13+,14+/m1/s1. The molecule has 0 aromatic carbocycles. The van der Waals surface area contributed by atoms with Gasteiger partial charge in [0.1, 0.15) is 12.1 Å². The van der Waals surface area contributed by atoms with Gasteiger partial charge in [-0.15, -0.1) is 0 Å². The second-order valence-electron chi connectivity index (χ2n) is 7.44. The predicted molar refractivity (Wildman–Crippen MR) is 108 cm³/mol. The summed E-state index contributed by atoms with van der Waals surface area (Å²) < 4.78 is 0. The van der Waals surface area contributed by atoms with Gasteiger partial charge in [0.05, 0.1) is 19.1 Å². The number of hydrogen-bond donors (Lipinski definition) is 7. The third-order valence-electron chi connectivity index (χ3n) is 4.98. The molecular formula is C18H34N6O6. The van der Waals surface area contributed by atoms with E-state index in [0.717, 1.165) is 0 Å². The number of nitrogens with two attached hydrogens (primary N) is 3. The number of nitrogens with one attached hydrogen (secondary N) is 2. The summed E-state index contributed by atoms with van der Waals surface area (Å²) in [6, 6.07) is -3.47. The molecule has 1 rings (SSSR count). The maximum absolute atomic E-state index is 13.0. The lowest BCUT2D eigenvalue weighted by molar-refractivity contribution is -0.142. The molecule has 0 spiro atoms. The Morgan fingerprint density at radius 1 is 1.17 bits per heavy atom. The molecule has 1 fully saturated rings. The molecule has 0 aliphatic carbocycles. The van der Waals surface area contributed by atoms with Gasteiger partial charge in [0.15, 0.2) is 0 Å². The van der Waals surface area contributed by atoms with E-state index in [4.69, 9.17) is 27.4 Å². The quantitative estimate of drug-likeness (QED) is 0.138. The number of rotatable bonds is 14. The van der Waals surface area contributed by atoms with E-state index in [0.29, 0.717) is 45.2 Å². The van der Waals surface area contributed by atoms with Crippen molar-refractivity contribution in [3.05, 3.63) is 0 Å². The molecule has 0 radical (unpaired) electrons. The van der Waals surface area contributed by atoms with Crippen molar-refractivity contribution in [3.63, 3.8) is 0 Å². The molecule has 0 aromatic rings. The summed E-state index contributed by atoms with van der Waals surface area (Å²) in [6.07, 6.45) is 2.06. The first-order valence-corrected chi connectivity index (χ1v) is 10.1. The smallest absolute Gasteiger partial charge is 0.305 e. The largest absolute Gasteiger partial charge is 0.481 e. The topological polar surface area (TPSA) is 214 Å². The molecular weight excluding hydrogens is 396 g/mol. The maximum atomic E-state index is 13.0. The third-order valence-corrected chi connectivity index (χ3v) is 4.98. The second kappa shape index (κ2) is 13.1. The normalized spacial score (nSPS) is 19.2. The average Bonchev–Trinajstić information content (AvgIpc) is 3.19. The molecule has 1 heterocycles. The second-order valence-corrected chi connectivity index (χ2v) is 7.44. The first-order valence-electron chi connectivity index (χ1n) is 10.1. The van der Waals surface area contributed by atoms with Crippen LogP contribution in [0.15, 0.2) is 0 Å². The van der Waals surface area contributed by atoms with Gasteiger partial charge in [-0.25, -0.2) is 0 Å². The molecule has 1 aliphatic heterocycles. The molecule has 12 heteroatoms. The Kier molecular flexibility index (Phi) is 11.3. The number of unbranched alkanes of at least 4 members (excludes halogenated alkanes) is 1. The number of carboxylic acid groups (broad SMARTS) is 1. The van der Waals surface area contributed by atoms with Crippen LogP contribution in [-0.2, 0) is 19.2 Å². The van der Waals surface area contributed by atoms with Crippen molar-refractivity contribution >= 4 is 23.7 Å². The number of aliphatic carboxylic acids is 1. The van der Waals surface area contributed by atoms with Crippen molar-refractivity contribution in [1.82, 2.24) is 15.5 Å². The summed E-state index contributed by atoms with van der Waals surface area (Å²) in [5, 5.41) is 23.4. The number of primary amides is 1. The van der Waals surface area contributed by atoms with E-state index in [-0.39, 0.29) is 13.2 Å². The van der Waals surface area contributed by atoms with Gasteiger partial charge in [-0.05, 0) is 38.6 Å².